The average molecular weight is 339 g/mol. The molecule has 1 N–H and O–H groups in total. The Morgan fingerprint density at radius 2 is 1.83 bits per heavy atom. The monoisotopic (exact) mass is 338 g/mol. The number of nitrogens with one attached hydrogen (secondary N) is 1. The standard InChI is InChI=1S/C17H15ClN6/c1-23-16(9-14(22-23)11-6-4-3-5-7-11)20-15-8-13(18)12-10-19-24(2)17(12)21-15/h3-10H,1-2H3,(H,20,21). The number of anilines is 2. The van der Waals surface area contributed by atoms with E-state index < -0.39 is 0 Å². The molecule has 4 aromatic rings. The van der Waals surface area contributed by atoms with E-state index in [-0.39, 0.29) is 0 Å². The van der Waals surface area contributed by atoms with Gasteiger partial charge in [-0.05, 0) is 0 Å². The van der Waals surface area contributed by atoms with Gasteiger partial charge < -0.3 is 5.32 Å². The predicted molar refractivity (Wildman–Crippen MR) is 95.4 cm³/mol. The maximum Gasteiger partial charge on any atom is 0.161 e. The zero-order valence-electron chi connectivity index (χ0n) is 13.2. The van der Waals surface area contributed by atoms with Crippen LogP contribution < -0.4 is 5.32 Å². The summed E-state index contributed by atoms with van der Waals surface area (Å²) >= 11 is 6.33. The Bertz CT molecular complexity index is 1020. The highest BCUT2D eigenvalue weighted by Crippen LogP contribution is 2.27. The van der Waals surface area contributed by atoms with E-state index in [9.17, 15) is 0 Å². The van der Waals surface area contributed by atoms with Gasteiger partial charge in [-0.1, -0.05) is 41.9 Å². The molecule has 7 heteroatoms. The van der Waals surface area contributed by atoms with Crippen molar-refractivity contribution in [2.24, 2.45) is 14.1 Å². The third-order valence-electron chi connectivity index (χ3n) is 3.86. The number of nitrogens with zero attached hydrogens (tertiary/aromatic N) is 5. The summed E-state index contributed by atoms with van der Waals surface area (Å²) in [7, 11) is 3.73. The first kappa shape index (κ1) is 14.7. The van der Waals surface area contributed by atoms with Gasteiger partial charge in [-0.25, -0.2) is 4.98 Å². The molecule has 0 saturated carbocycles. The molecule has 6 nitrogen and oxygen atoms in total. The van der Waals surface area contributed by atoms with E-state index in [0.29, 0.717) is 10.8 Å². The number of benzene rings is 1. The molecule has 120 valence electrons. The van der Waals surface area contributed by atoms with Crippen LogP contribution in [-0.2, 0) is 14.1 Å². The zero-order chi connectivity index (χ0) is 16.7. The second-order valence-corrected chi connectivity index (χ2v) is 5.93. The van der Waals surface area contributed by atoms with Gasteiger partial charge in [0, 0.05) is 31.8 Å². The van der Waals surface area contributed by atoms with Crippen LogP contribution in [0.1, 0.15) is 0 Å². The summed E-state index contributed by atoms with van der Waals surface area (Å²) in [5, 5.41) is 13.5. The van der Waals surface area contributed by atoms with Crippen molar-refractivity contribution >= 4 is 34.3 Å². The number of fused-ring (bicyclic) bond motifs is 1. The van der Waals surface area contributed by atoms with Crippen molar-refractivity contribution in [2.45, 2.75) is 0 Å². The Kier molecular flexibility index (Phi) is 3.46. The topological polar surface area (TPSA) is 60.6 Å². The number of halogens is 1. The number of aryl methyl sites for hydroxylation is 2. The lowest BCUT2D eigenvalue weighted by atomic mass is 10.2. The summed E-state index contributed by atoms with van der Waals surface area (Å²) in [6.45, 7) is 0. The lowest BCUT2D eigenvalue weighted by Crippen LogP contribution is -2.01. The lowest BCUT2D eigenvalue weighted by molar-refractivity contribution is 0.777. The minimum atomic E-state index is 0.612. The fourth-order valence-electron chi connectivity index (χ4n) is 2.61. The van der Waals surface area contributed by atoms with Crippen molar-refractivity contribution < 1.29 is 0 Å². The van der Waals surface area contributed by atoms with Gasteiger partial charge >= 0.3 is 0 Å². The molecule has 0 atom stereocenters. The molecule has 3 aromatic heterocycles. The van der Waals surface area contributed by atoms with Gasteiger partial charge in [-0.15, -0.1) is 0 Å². The summed E-state index contributed by atoms with van der Waals surface area (Å²) in [5.74, 6) is 1.48. The van der Waals surface area contributed by atoms with Crippen LogP contribution in [0.2, 0.25) is 5.02 Å². The van der Waals surface area contributed by atoms with Crippen LogP contribution in [-0.4, -0.2) is 24.5 Å². The third-order valence-corrected chi connectivity index (χ3v) is 4.17. The van der Waals surface area contributed by atoms with Crippen molar-refractivity contribution in [3.63, 3.8) is 0 Å². The van der Waals surface area contributed by atoms with E-state index in [0.717, 1.165) is 28.1 Å². The number of pyridine rings is 1. The van der Waals surface area contributed by atoms with Gasteiger partial charge in [0.1, 0.15) is 11.6 Å². The quantitative estimate of drug-likeness (QED) is 0.617. The maximum atomic E-state index is 6.33. The van der Waals surface area contributed by atoms with E-state index in [1.165, 1.54) is 0 Å². The molecule has 0 radical (unpaired) electrons. The Labute approximate surface area is 143 Å². The molecule has 0 saturated heterocycles. The number of hydrogen-bond acceptors (Lipinski definition) is 4. The molecule has 0 unspecified atom stereocenters. The van der Waals surface area contributed by atoms with Gasteiger partial charge in [0.15, 0.2) is 5.65 Å². The van der Waals surface area contributed by atoms with Gasteiger partial charge in [0.05, 0.1) is 22.3 Å². The van der Waals surface area contributed by atoms with Crippen LogP contribution in [0.5, 0.6) is 0 Å². The summed E-state index contributed by atoms with van der Waals surface area (Å²) in [6, 6.07) is 13.8. The molecule has 0 amide bonds. The number of aromatic nitrogens is 5. The summed E-state index contributed by atoms with van der Waals surface area (Å²) in [5.41, 5.74) is 2.69. The molecule has 0 aliphatic carbocycles. The molecular weight excluding hydrogens is 324 g/mol. The molecule has 0 fully saturated rings. The zero-order valence-corrected chi connectivity index (χ0v) is 14.0. The first-order chi connectivity index (χ1) is 11.6. The van der Waals surface area contributed by atoms with E-state index in [4.69, 9.17) is 11.6 Å². The smallest absolute Gasteiger partial charge is 0.161 e. The van der Waals surface area contributed by atoms with Gasteiger partial charge in [-0.3, -0.25) is 9.36 Å². The van der Waals surface area contributed by atoms with E-state index in [1.54, 1.807) is 21.6 Å². The number of hydrogen-bond donors (Lipinski definition) is 1. The first-order valence-electron chi connectivity index (χ1n) is 7.46. The van der Waals surface area contributed by atoms with Gasteiger partial charge in [0.25, 0.3) is 0 Å². The molecular formula is C17H15ClN6. The molecule has 4 rings (SSSR count). The van der Waals surface area contributed by atoms with Crippen LogP contribution >= 0.6 is 11.6 Å². The summed E-state index contributed by atoms with van der Waals surface area (Å²) in [4.78, 5) is 4.58. The Morgan fingerprint density at radius 3 is 2.62 bits per heavy atom. The van der Waals surface area contributed by atoms with Crippen molar-refractivity contribution in [1.29, 1.82) is 0 Å². The first-order valence-corrected chi connectivity index (χ1v) is 7.84. The van der Waals surface area contributed by atoms with Crippen LogP contribution in [0.15, 0.2) is 48.7 Å². The van der Waals surface area contributed by atoms with Gasteiger partial charge in [0.2, 0.25) is 0 Å². The van der Waals surface area contributed by atoms with E-state index >= 15 is 0 Å². The third kappa shape index (κ3) is 2.51. The van der Waals surface area contributed by atoms with E-state index in [2.05, 4.69) is 20.5 Å². The molecule has 0 aliphatic heterocycles. The summed E-state index contributed by atoms with van der Waals surface area (Å²) in [6.07, 6.45) is 1.71. The van der Waals surface area contributed by atoms with Crippen LogP contribution in [0.3, 0.4) is 0 Å². The second kappa shape index (κ2) is 5.65. The SMILES string of the molecule is Cn1nc(-c2ccccc2)cc1Nc1cc(Cl)c2cnn(C)c2n1. The van der Waals surface area contributed by atoms with Crippen molar-refractivity contribution in [1.82, 2.24) is 24.5 Å². The second-order valence-electron chi connectivity index (χ2n) is 5.52. The highest BCUT2D eigenvalue weighted by atomic mass is 35.5. The predicted octanol–water partition coefficient (Wildman–Crippen LogP) is 3.77. The van der Waals surface area contributed by atoms with Gasteiger partial charge in [-0.2, -0.15) is 10.2 Å². The average Bonchev–Trinajstić information content (AvgIpc) is 3.13. The molecule has 0 spiro atoms. The highest BCUT2D eigenvalue weighted by molar-refractivity contribution is 6.35. The number of rotatable bonds is 3. The highest BCUT2D eigenvalue weighted by Gasteiger charge is 2.11. The van der Waals surface area contributed by atoms with Crippen molar-refractivity contribution in [3.8, 4) is 11.3 Å². The van der Waals surface area contributed by atoms with Crippen molar-refractivity contribution in [2.75, 3.05) is 5.32 Å². The normalized spacial score (nSPS) is 11.1. The lowest BCUT2D eigenvalue weighted by Gasteiger charge is -2.06. The fourth-order valence-corrected chi connectivity index (χ4v) is 2.84. The molecule has 1 aromatic carbocycles. The Morgan fingerprint density at radius 1 is 1.04 bits per heavy atom. The van der Waals surface area contributed by atoms with E-state index in [1.807, 2.05) is 50.5 Å². The van der Waals surface area contributed by atoms with Crippen LogP contribution in [0.4, 0.5) is 11.6 Å². The minimum absolute atomic E-state index is 0.612. The van der Waals surface area contributed by atoms with Crippen LogP contribution in [0.25, 0.3) is 22.3 Å². The maximum absolute atomic E-state index is 6.33. The van der Waals surface area contributed by atoms with Crippen molar-refractivity contribution in [3.05, 3.63) is 53.7 Å². The molecule has 0 aliphatic rings. The molecule has 24 heavy (non-hydrogen) atoms. The Hall–Kier alpha value is -2.86. The molecule has 0 bridgehead atoms. The molecule has 3 heterocycles. The minimum Gasteiger partial charge on any atom is -0.325 e. The fraction of sp³-hybridized carbons (Fsp3) is 0.118. The largest absolute Gasteiger partial charge is 0.325 e. The van der Waals surface area contributed by atoms with Crippen LogP contribution in [0, 0.1) is 0 Å². The Balaban J connectivity index is 1.71. The summed E-state index contributed by atoms with van der Waals surface area (Å²) < 4.78 is 3.48.